The summed E-state index contributed by atoms with van der Waals surface area (Å²) < 4.78 is 13.0. The molecule has 0 saturated carbocycles. The molecule has 20 heavy (non-hydrogen) atoms. The summed E-state index contributed by atoms with van der Waals surface area (Å²) in [6, 6.07) is 6.88. The van der Waals surface area contributed by atoms with E-state index in [1.54, 1.807) is 6.92 Å². The maximum Gasteiger partial charge on any atom is 0.325 e. The fraction of sp³-hybridized carbons (Fsp3) is 0.357. The lowest BCUT2D eigenvalue weighted by Crippen LogP contribution is -2.43. The average Bonchev–Trinajstić information content (AvgIpc) is 2.69. The zero-order chi connectivity index (χ0) is 14.8. The SMILES string of the molecule is CC[C@@]1(c2ccc(F)cc2)NC(=O)N(CCC#N)C1=O. The summed E-state index contributed by atoms with van der Waals surface area (Å²) >= 11 is 0. The van der Waals surface area contributed by atoms with Crippen LogP contribution in [0.2, 0.25) is 0 Å². The number of halogens is 1. The molecule has 3 amide bonds. The molecule has 1 aliphatic heterocycles. The molecule has 0 unspecified atom stereocenters. The van der Waals surface area contributed by atoms with Crippen molar-refractivity contribution >= 4 is 11.9 Å². The molecule has 1 fully saturated rings. The van der Waals surface area contributed by atoms with E-state index in [2.05, 4.69) is 5.32 Å². The first kappa shape index (κ1) is 14.0. The number of nitrogens with zero attached hydrogens (tertiary/aromatic N) is 2. The van der Waals surface area contributed by atoms with E-state index in [-0.39, 0.29) is 13.0 Å². The molecule has 5 nitrogen and oxygen atoms in total. The number of benzene rings is 1. The number of amides is 3. The van der Waals surface area contributed by atoms with Gasteiger partial charge >= 0.3 is 6.03 Å². The minimum Gasteiger partial charge on any atom is -0.319 e. The summed E-state index contributed by atoms with van der Waals surface area (Å²) in [5, 5.41) is 11.2. The largest absolute Gasteiger partial charge is 0.325 e. The first-order valence-corrected chi connectivity index (χ1v) is 6.32. The number of urea groups is 1. The van der Waals surface area contributed by atoms with Crippen molar-refractivity contribution < 1.29 is 14.0 Å². The third-order valence-corrected chi connectivity index (χ3v) is 3.49. The molecule has 1 saturated heterocycles. The topological polar surface area (TPSA) is 73.2 Å². The molecule has 6 heteroatoms. The van der Waals surface area contributed by atoms with Gasteiger partial charge in [0.25, 0.3) is 5.91 Å². The number of hydrogen-bond acceptors (Lipinski definition) is 3. The van der Waals surface area contributed by atoms with Crippen LogP contribution in [0.4, 0.5) is 9.18 Å². The van der Waals surface area contributed by atoms with Crippen LogP contribution in [0.5, 0.6) is 0 Å². The van der Waals surface area contributed by atoms with Crippen LogP contribution in [0.25, 0.3) is 0 Å². The van der Waals surface area contributed by atoms with Gasteiger partial charge in [-0.05, 0) is 24.1 Å². The minimum atomic E-state index is -1.17. The van der Waals surface area contributed by atoms with Crippen molar-refractivity contribution in [1.82, 2.24) is 10.2 Å². The lowest BCUT2D eigenvalue weighted by atomic mass is 9.87. The third kappa shape index (κ3) is 2.11. The molecule has 1 heterocycles. The van der Waals surface area contributed by atoms with Gasteiger partial charge in [-0.3, -0.25) is 9.69 Å². The second kappa shape index (κ2) is 5.29. The Bertz CT molecular complexity index is 579. The molecule has 0 radical (unpaired) electrons. The van der Waals surface area contributed by atoms with Crippen molar-refractivity contribution in [3.05, 3.63) is 35.6 Å². The normalized spacial score (nSPS) is 21.8. The molecule has 0 aromatic heterocycles. The first-order valence-electron chi connectivity index (χ1n) is 6.32. The van der Waals surface area contributed by atoms with Crippen LogP contribution in [0.15, 0.2) is 24.3 Å². The highest BCUT2D eigenvalue weighted by molar-refractivity contribution is 6.07. The Kier molecular flexibility index (Phi) is 3.70. The number of nitrogens with one attached hydrogen (secondary N) is 1. The highest BCUT2D eigenvalue weighted by Crippen LogP contribution is 2.32. The number of rotatable bonds is 4. The van der Waals surface area contributed by atoms with E-state index < -0.39 is 23.3 Å². The summed E-state index contributed by atoms with van der Waals surface area (Å²) in [7, 11) is 0. The highest BCUT2D eigenvalue weighted by atomic mass is 19.1. The molecule has 1 aromatic rings. The van der Waals surface area contributed by atoms with Gasteiger partial charge in [0, 0.05) is 6.54 Å². The van der Waals surface area contributed by atoms with Crippen LogP contribution in [0.1, 0.15) is 25.3 Å². The van der Waals surface area contributed by atoms with Gasteiger partial charge in [-0.25, -0.2) is 9.18 Å². The number of nitriles is 1. The number of carbonyl (C=O) groups excluding carboxylic acids is 2. The molecule has 1 aromatic carbocycles. The molecule has 0 aliphatic carbocycles. The molecule has 1 N–H and O–H groups in total. The standard InChI is InChI=1S/C14H14FN3O2/c1-2-14(10-4-6-11(15)7-5-10)12(19)18(9-3-8-16)13(20)17-14/h4-7H,2-3,9H2,1H3,(H,17,20)/t14-/m0/s1. The Morgan fingerprint density at radius 2 is 2.00 bits per heavy atom. The second-order valence-electron chi connectivity index (χ2n) is 4.56. The average molecular weight is 275 g/mol. The number of hydrogen-bond donors (Lipinski definition) is 1. The van der Waals surface area contributed by atoms with Gasteiger partial charge in [-0.15, -0.1) is 0 Å². The van der Waals surface area contributed by atoms with Crippen molar-refractivity contribution in [2.45, 2.75) is 25.3 Å². The van der Waals surface area contributed by atoms with Gasteiger partial charge in [0.05, 0.1) is 12.5 Å². The fourth-order valence-electron chi connectivity index (χ4n) is 2.36. The van der Waals surface area contributed by atoms with Crippen LogP contribution in [-0.4, -0.2) is 23.4 Å². The molecular weight excluding hydrogens is 261 g/mol. The van der Waals surface area contributed by atoms with Crippen LogP contribution >= 0.6 is 0 Å². The summed E-state index contributed by atoms with van der Waals surface area (Å²) in [4.78, 5) is 25.5. The molecule has 2 rings (SSSR count). The predicted molar refractivity (Wildman–Crippen MR) is 68.8 cm³/mol. The van der Waals surface area contributed by atoms with E-state index in [1.165, 1.54) is 24.3 Å². The lowest BCUT2D eigenvalue weighted by molar-refractivity contribution is -0.131. The van der Waals surface area contributed by atoms with Gasteiger partial charge in [0.2, 0.25) is 0 Å². The second-order valence-corrected chi connectivity index (χ2v) is 4.56. The zero-order valence-corrected chi connectivity index (χ0v) is 11.0. The Morgan fingerprint density at radius 1 is 1.35 bits per heavy atom. The van der Waals surface area contributed by atoms with E-state index in [4.69, 9.17) is 5.26 Å². The summed E-state index contributed by atoms with van der Waals surface area (Å²) in [5.41, 5.74) is -0.625. The number of carbonyl (C=O) groups is 2. The van der Waals surface area contributed by atoms with E-state index in [0.29, 0.717) is 12.0 Å². The van der Waals surface area contributed by atoms with Gasteiger partial charge in [0.15, 0.2) is 0 Å². The van der Waals surface area contributed by atoms with E-state index in [1.807, 2.05) is 6.07 Å². The molecule has 1 atom stereocenters. The molecule has 0 spiro atoms. The van der Waals surface area contributed by atoms with Crippen molar-refractivity contribution in [2.75, 3.05) is 6.54 Å². The van der Waals surface area contributed by atoms with Crippen molar-refractivity contribution in [2.24, 2.45) is 0 Å². The van der Waals surface area contributed by atoms with Gasteiger partial charge in [0.1, 0.15) is 11.4 Å². The Labute approximate surface area is 116 Å². The van der Waals surface area contributed by atoms with Crippen molar-refractivity contribution in [3.8, 4) is 6.07 Å². The van der Waals surface area contributed by atoms with Crippen molar-refractivity contribution in [1.29, 1.82) is 5.26 Å². The molecule has 104 valence electrons. The van der Waals surface area contributed by atoms with E-state index in [0.717, 1.165) is 4.90 Å². The molecular formula is C14H14FN3O2. The van der Waals surface area contributed by atoms with E-state index >= 15 is 0 Å². The smallest absolute Gasteiger partial charge is 0.319 e. The molecule has 1 aliphatic rings. The molecule has 0 bridgehead atoms. The maximum atomic E-state index is 13.0. The lowest BCUT2D eigenvalue weighted by Gasteiger charge is -2.25. The predicted octanol–water partition coefficient (Wildman–Crippen LogP) is 1.90. The van der Waals surface area contributed by atoms with Crippen LogP contribution in [0.3, 0.4) is 0 Å². The quantitative estimate of drug-likeness (QED) is 0.853. The van der Waals surface area contributed by atoms with Gasteiger partial charge in [-0.2, -0.15) is 5.26 Å². The minimum absolute atomic E-state index is 0.0596. The summed E-state index contributed by atoms with van der Waals surface area (Å²) in [6.45, 7) is 1.83. The Hall–Kier alpha value is -2.42. The third-order valence-electron chi connectivity index (χ3n) is 3.49. The zero-order valence-electron chi connectivity index (χ0n) is 11.0. The monoisotopic (exact) mass is 275 g/mol. The summed E-state index contributed by atoms with van der Waals surface area (Å²) in [6.07, 6.45) is 0.439. The highest BCUT2D eigenvalue weighted by Gasteiger charge is 2.50. The van der Waals surface area contributed by atoms with Crippen molar-refractivity contribution in [3.63, 3.8) is 0 Å². The van der Waals surface area contributed by atoms with Gasteiger partial charge in [-0.1, -0.05) is 19.1 Å². The van der Waals surface area contributed by atoms with E-state index in [9.17, 15) is 14.0 Å². The van der Waals surface area contributed by atoms with Crippen LogP contribution < -0.4 is 5.32 Å². The van der Waals surface area contributed by atoms with Crippen LogP contribution in [0, 0.1) is 17.1 Å². The maximum absolute atomic E-state index is 13.0. The summed E-state index contributed by atoms with van der Waals surface area (Å²) in [5.74, 6) is -0.801. The van der Waals surface area contributed by atoms with Crippen LogP contribution in [-0.2, 0) is 10.3 Å². The number of imide groups is 1. The Balaban J connectivity index is 2.37. The Morgan fingerprint density at radius 3 is 2.55 bits per heavy atom. The fourth-order valence-corrected chi connectivity index (χ4v) is 2.36. The van der Waals surface area contributed by atoms with Gasteiger partial charge < -0.3 is 5.32 Å². The first-order chi connectivity index (χ1) is 9.55.